The fourth-order valence-corrected chi connectivity index (χ4v) is 3.11. The predicted octanol–water partition coefficient (Wildman–Crippen LogP) is 3.19. The van der Waals surface area contributed by atoms with E-state index in [0.717, 1.165) is 0 Å². The van der Waals surface area contributed by atoms with Gasteiger partial charge in [0.05, 0.1) is 24.4 Å². The first-order valence-electron chi connectivity index (χ1n) is 7.93. The summed E-state index contributed by atoms with van der Waals surface area (Å²) in [6, 6.07) is 0. The molecule has 6 unspecified atom stereocenters. The van der Waals surface area contributed by atoms with E-state index in [9.17, 15) is 0 Å². The molecule has 118 valence electrons. The van der Waals surface area contributed by atoms with Gasteiger partial charge in [0, 0.05) is 0 Å². The van der Waals surface area contributed by atoms with E-state index in [1.54, 1.807) is 0 Å². The molecule has 2 heterocycles. The van der Waals surface area contributed by atoms with Crippen LogP contribution in [0.25, 0.3) is 0 Å². The number of hydrogen-bond acceptors (Lipinski definition) is 4. The Morgan fingerprint density at radius 3 is 1.30 bits per heavy atom. The highest BCUT2D eigenvalue weighted by molar-refractivity contribution is 4.86. The maximum absolute atomic E-state index is 6.18. The van der Waals surface area contributed by atoms with E-state index >= 15 is 0 Å². The summed E-state index contributed by atoms with van der Waals surface area (Å²) in [5, 5.41) is 0. The van der Waals surface area contributed by atoms with Crippen LogP contribution in [0.1, 0.15) is 48.5 Å². The Morgan fingerprint density at radius 1 is 0.550 bits per heavy atom. The van der Waals surface area contributed by atoms with Crippen LogP contribution in [0.5, 0.6) is 0 Å². The molecule has 0 aromatic heterocycles. The van der Waals surface area contributed by atoms with Crippen LogP contribution in [-0.4, -0.2) is 37.0 Å². The Hall–Kier alpha value is -0.160. The van der Waals surface area contributed by atoms with Crippen molar-refractivity contribution in [2.75, 3.05) is 0 Å². The zero-order chi connectivity index (χ0) is 15.0. The number of hydrogen-bond donors (Lipinski definition) is 0. The molecule has 2 aliphatic heterocycles. The van der Waals surface area contributed by atoms with Crippen molar-refractivity contribution < 1.29 is 18.9 Å². The van der Waals surface area contributed by atoms with Crippen LogP contribution in [0.15, 0.2) is 0 Å². The van der Waals surface area contributed by atoms with Crippen LogP contribution in [0.4, 0.5) is 0 Å². The smallest absolute Gasteiger partial charge is 0.210 e. The maximum Gasteiger partial charge on any atom is 0.210 e. The molecular formula is C16H30O4. The van der Waals surface area contributed by atoms with Crippen LogP contribution >= 0.6 is 0 Å². The van der Waals surface area contributed by atoms with E-state index in [2.05, 4.69) is 41.5 Å². The molecule has 0 aromatic rings. The van der Waals surface area contributed by atoms with Gasteiger partial charge < -0.3 is 18.9 Å². The van der Waals surface area contributed by atoms with Crippen molar-refractivity contribution >= 4 is 0 Å². The van der Waals surface area contributed by atoms with E-state index in [-0.39, 0.29) is 24.4 Å². The standard InChI is InChI=1S/C16H30O4/c1-8(2)12-11(7)17-15-16(18-12)20-14(10(5)6)13(19-15)9(3)4/h8-16H,1-7H3. The third-order valence-electron chi connectivity index (χ3n) is 4.20. The van der Waals surface area contributed by atoms with Gasteiger partial charge in [0.2, 0.25) is 12.6 Å². The third-order valence-corrected chi connectivity index (χ3v) is 4.20. The molecule has 0 aliphatic carbocycles. The van der Waals surface area contributed by atoms with Crippen molar-refractivity contribution in [3.05, 3.63) is 0 Å². The number of rotatable bonds is 3. The largest absolute Gasteiger partial charge is 0.342 e. The second kappa shape index (κ2) is 6.30. The minimum Gasteiger partial charge on any atom is -0.342 e. The molecule has 20 heavy (non-hydrogen) atoms. The average molecular weight is 286 g/mol. The zero-order valence-electron chi connectivity index (χ0n) is 13.8. The molecule has 0 N–H and O–H groups in total. The van der Waals surface area contributed by atoms with E-state index in [4.69, 9.17) is 18.9 Å². The van der Waals surface area contributed by atoms with E-state index < -0.39 is 12.6 Å². The molecule has 2 saturated heterocycles. The summed E-state index contributed by atoms with van der Waals surface area (Å²) in [6.07, 6.45) is -0.598. The second-order valence-corrected chi connectivity index (χ2v) is 7.11. The summed E-state index contributed by atoms with van der Waals surface area (Å²) in [6.45, 7) is 15.0. The maximum atomic E-state index is 6.18. The highest BCUT2D eigenvalue weighted by atomic mass is 16.8. The van der Waals surface area contributed by atoms with Gasteiger partial charge in [-0.15, -0.1) is 0 Å². The fourth-order valence-electron chi connectivity index (χ4n) is 3.11. The Labute approximate surface area is 123 Å². The molecule has 4 heteroatoms. The van der Waals surface area contributed by atoms with Gasteiger partial charge in [0.15, 0.2) is 0 Å². The van der Waals surface area contributed by atoms with Crippen molar-refractivity contribution in [3.63, 3.8) is 0 Å². The normalized spacial score (nSPS) is 42.3. The van der Waals surface area contributed by atoms with Crippen LogP contribution in [-0.2, 0) is 18.9 Å². The SMILES string of the molecule is CC(C)C1OC2OC(C(C)C)C(C(C)C)OC2OC1C. The summed E-state index contributed by atoms with van der Waals surface area (Å²) in [5.74, 6) is 1.18. The van der Waals surface area contributed by atoms with Crippen LogP contribution < -0.4 is 0 Å². The van der Waals surface area contributed by atoms with Crippen LogP contribution in [0, 0.1) is 17.8 Å². The summed E-state index contributed by atoms with van der Waals surface area (Å²) in [7, 11) is 0. The predicted molar refractivity (Wildman–Crippen MR) is 77.3 cm³/mol. The first kappa shape index (κ1) is 16.2. The fraction of sp³-hybridized carbons (Fsp3) is 1.00. The third kappa shape index (κ3) is 3.19. The van der Waals surface area contributed by atoms with Crippen LogP contribution in [0.2, 0.25) is 0 Å². The molecule has 0 spiro atoms. The second-order valence-electron chi connectivity index (χ2n) is 7.11. The monoisotopic (exact) mass is 286 g/mol. The number of fused-ring (bicyclic) bond motifs is 1. The number of ether oxygens (including phenoxy) is 4. The Balaban J connectivity index is 2.11. The van der Waals surface area contributed by atoms with Crippen molar-refractivity contribution in [2.24, 2.45) is 17.8 Å². The quantitative estimate of drug-likeness (QED) is 0.798. The highest BCUT2D eigenvalue weighted by Gasteiger charge is 2.48. The summed E-state index contributed by atoms with van der Waals surface area (Å²) in [4.78, 5) is 0. The van der Waals surface area contributed by atoms with E-state index in [0.29, 0.717) is 17.8 Å². The molecule has 2 fully saturated rings. The average Bonchev–Trinajstić information content (AvgIpc) is 2.35. The van der Waals surface area contributed by atoms with Crippen molar-refractivity contribution in [2.45, 2.75) is 85.5 Å². The van der Waals surface area contributed by atoms with Gasteiger partial charge in [-0.3, -0.25) is 0 Å². The summed E-state index contributed by atoms with van der Waals surface area (Å²) in [5.41, 5.74) is 0. The van der Waals surface area contributed by atoms with Gasteiger partial charge in [-0.1, -0.05) is 41.5 Å². The van der Waals surface area contributed by atoms with Gasteiger partial charge in [-0.05, 0) is 24.7 Å². The first-order chi connectivity index (χ1) is 9.31. The van der Waals surface area contributed by atoms with Gasteiger partial charge in [0.1, 0.15) is 0 Å². The molecule has 0 radical (unpaired) electrons. The van der Waals surface area contributed by atoms with Crippen molar-refractivity contribution in [3.8, 4) is 0 Å². The minimum atomic E-state index is -0.402. The Bertz CT molecular complexity index is 316. The van der Waals surface area contributed by atoms with Crippen molar-refractivity contribution in [1.82, 2.24) is 0 Å². The lowest BCUT2D eigenvalue weighted by Gasteiger charge is -2.49. The van der Waals surface area contributed by atoms with E-state index in [1.165, 1.54) is 0 Å². The van der Waals surface area contributed by atoms with Crippen molar-refractivity contribution in [1.29, 1.82) is 0 Å². The topological polar surface area (TPSA) is 36.9 Å². The molecule has 0 aromatic carbocycles. The molecule has 2 aliphatic rings. The highest BCUT2D eigenvalue weighted by Crippen LogP contribution is 2.35. The van der Waals surface area contributed by atoms with Gasteiger partial charge in [-0.2, -0.15) is 0 Å². The van der Waals surface area contributed by atoms with E-state index in [1.807, 2.05) is 6.92 Å². The lowest BCUT2D eigenvalue weighted by Crippen LogP contribution is -2.60. The molecule has 0 amide bonds. The first-order valence-corrected chi connectivity index (χ1v) is 7.93. The molecule has 6 atom stereocenters. The lowest BCUT2D eigenvalue weighted by molar-refractivity contribution is -0.422. The molecule has 0 bridgehead atoms. The lowest BCUT2D eigenvalue weighted by atomic mass is 9.92. The van der Waals surface area contributed by atoms with Crippen LogP contribution in [0.3, 0.4) is 0 Å². The van der Waals surface area contributed by atoms with Gasteiger partial charge in [-0.25, -0.2) is 0 Å². The molecule has 2 rings (SSSR count). The Kier molecular flexibility index (Phi) is 5.11. The Morgan fingerprint density at radius 2 is 0.900 bits per heavy atom. The van der Waals surface area contributed by atoms with Gasteiger partial charge in [0.25, 0.3) is 0 Å². The minimum absolute atomic E-state index is 0.0308. The molecular weight excluding hydrogens is 256 g/mol. The molecule has 0 saturated carbocycles. The molecule has 4 nitrogen and oxygen atoms in total. The summed E-state index contributed by atoms with van der Waals surface area (Å²) >= 11 is 0. The van der Waals surface area contributed by atoms with Gasteiger partial charge >= 0.3 is 0 Å². The zero-order valence-corrected chi connectivity index (χ0v) is 13.8. The summed E-state index contributed by atoms with van der Waals surface area (Å²) < 4.78 is 24.4.